The van der Waals surface area contributed by atoms with Crippen molar-refractivity contribution in [3.05, 3.63) is 21.9 Å². The van der Waals surface area contributed by atoms with Crippen LogP contribution in [-0.2, 0) is 10.2 Å². The maximum absolute atomic E-state index is 14.4. The summed E-state index contributed by atoms with van der Waals surface area (Å²) < 4.78 is 25.3. The van der Waals surface area contributed by atoms with Gasteiger partial charge in [0.05, 0.1) is 10.9 Å². The van der Waals surface area contributed by atoms with Crippen molar-refractivity contribution in [3.63, 3.8) is 0 Å². The second-order valence-electron chi connectivity index (χ2n) is 5.03. The van der Waals surface area contributed by atoms with Crippen molar-refractivity contribution in [2.75, 3.05) is 13.2 Å². The van der Waals surface area contributed by atoms with E-state index in [-0.39, 0.29) is 10.9 Å². The molecule has 1 N–H and O–H groups in total. The first kappa shape index (κ1) is 14.1. The van der Waals surface area contributed by atoms with E-state index in [4.69, 9.17) is 14.6 Å². The second kappa shape index (κ2) is 5.00. The normalized spacial score (nSPS) is 14.3. The van der Waals surface area contributed by atoms with Crippen LogP contribution in [0, 0.1) is 5.82 Å². The number of benzene rings is 1. The van der Waals surface area contributed by atoms with Gasteiger partial charge in [-0.15, -0.1) is 0 Å². The largest absolute Gasteiger partial charge is 0.486 e. The lowest BCUT2D eigenvalue weighted by molar-refractivity contribution is -0.138. The summed E-state index contributed by atoms with van der Waals surface area (Å²) in [5, 5.41) is 8.92. The zero-order valence-electron chi connectivity index (χ0n) is 10.6. The molecule has 2 rings (SSSR count). The Labute approximate surface area is 118 Å². The maximum Gasteiger partial charge on any atom is 0.304 e. The van der Waals surface area contributed by atoms with Crippen LogP contribution in [0.1, 0.15) is 25.8 Å². The van der Waals surface area contributed by atoms with Gasteiger partial charge in [-0.1, -0.05) is 13.8 Å². The summed E-state index contributed by atoms with van der Waals surface area (Å²) >= 11 is 3.15. The van der Waals surface area contributed by atoms with Crippen LogP contribution in [0.2, 0.25) is 0 Å². The predicted octanol–water partition coefficient (Wildman–Crippen LogP) is 3.11. The summed E-state index contributed by atoms with van der Waals surface area (Å²) in [6.45, 7) is 4.12. The number of fused-ring (bicyclic) bond motifs is 1. The van der Waals surface area contributed by atoms with Crippen molar-refractivity contribution in [1.29, 1.82) is 0 Å². The van der Waals surface area contributed by atoms with Gasteiger partial charge in [0.25, 0.3) is 0 Å². The van der Waals surface area contributed by atoms with Gasteiger partial charge in [-0.25, -0.2) is 4.39 Å². The van der Waals surface area contributed by atoms with Gasteiger partial charge < -0.3 is 14.6 Å². The van der Waals surface area contributed by atoms with Gasteiger partial charge >= 0.3 is 5.97 Å². The molecule has 4 nitrogen and oxygen atoms in total. The summed E-state index contributed by atoms with van der Waals surface area (Å²) in [5.41, 5.74) is -0.542. The summed E-state index contributed by atoms with van der Waals surface area (Å²) in [6.07, 6.45) is -0.171. The average Bonchev–Trinajstić information content (AvgIpc) is 2.32. The highest BCUT2D eigenvalue weighted by Crippen LogP contribution is 2.44. The minimum atomic E-state index is -0.976. The lowest BCUT2D eigenvalue weighted by Crippen LogP contribution is -2.25. The van der Waals surface area contributed by atoms with Crippen LogP contribution < -0.4 is 9.47 Å². The number of aliphatic carboxylic acids is 1. The molecule has 0 bridgehead atoms. The van der Waals surface area contributed by atoms with Gasteiger partial charge in [0, 0.05) is 5.41 Å². The Morgan fingerprint density at radius 3 is 2.74 bits per heavy atom. The molecule has 0 saturated carbocycles. The molecule has 1 aliphatic heterocycles. The summed E-state index contributed by atoms with van der Waals surface area (Å²) in [5.74, 6) is -0.711. The molecule has 1 aromatic carbocycles. The Bertz CT molecular complexity index is 528. The number of carboxylic acid groups (broad SMARTS) is 1. The van der Waals surface area contributed by atoms with Crippen LogP contribution in [0.4, 0.5) is 4.39 Å². The van der Waals surface area contributed by atoms with E-state index in [9.17, 15) is 9.18 Å². The van der Waals surface area contributed by atoms with Gasteiger partial charge in [-0.05, 0) is 27.6 Å². The van der Waals surface area contributed by atoms with E-state index >= 15 is 0 Å². The predicted molar refractivity (Wildman–Crippen MR) is 70.4 cm³/mol. The van der Waals surface area contributed by atoms with Crippen LogP contribution >= 0.6 is 15.9 Å². The molecular formula is C13H14BrFO4. The van der Waals surface area contributed by atoms with Crippen molar-refractivity contribution in [3.8, 4) is 11.5 Å². The number of hydrogen-bond donors (Lipinski definition) is 1. The monoisotopic (exact) mass is 332 g/mol. The quantitative estimate of drug-likeness (QED) is 0.923. The number of hydrogen-bond acceptors (Lipinski definition) is 3. The molecule has 1 aliphatic rings. The zero-order valence-corrected chi connectivity index (χ0v) is 12.2. The van der Waals surface area contributed by atoms with Gasteiger partial charge in [0.15, 0.2) is 11.5 Å². The molecule has 0 aromatic heterocycles. The molecule has 0 saturated heterocycles. The zero-order chi connectivity index (χ0) is 14.2. The van der Waals surface area contributed by atoms with Crippen molar-refractivity contribution < 1.29 is 23.8 Å². The Hall–Kier alpha value is -1.30. The molecule has 0 spiro atoms. The highest BCUT2D eigenvalue weighted by atomic mass is 79.9. The summed E-state index contributed by atoms with van der Waals surface area (Å²) in [4.78, 5) is 10.9. The molecule has 0 atom stereocenters. The Kier molecular flexibility index (Phi) is 3.71. The third kappa shape index (κ3) is 2.68. The van der Waals surface area contributed by atoms with Gasteiger partial charge in [-0.3, -0.25) is 4.79 Å². The third-order valence-corrected chi connectivity index (χ3v) is 3.75. The maximum atomic E-state index is 14.4. The van der Waals surface area contributed by atoms with Crippen LogP contribution in [0.5, 0.6) is 11.5 Å². The summed E-state index contributed by atoms with van der Waals surface area (Å²) in [6, 6.07) is 1.53. The SMILES string of the molecule is CC(C)(CC(=O)O)c1cc2c(c(Br)c1F)OCCO2. The number of rotatable bonds is 3. The van der Waals surface area contributed by atoms with E-state index in [1.54, 1.807) is 13.8 Å². The molecule has 0 aliphatic carbocycles. The minimum absolute atomic E-state index is 0.171. The summed E-state index contributed by atoms with van der Waals surface area (Å²) in [7, 11) is 0. The molecular weight excluding hydrogens is 319 g/mol. The topological polar surface area (TPSA) is 55.8 Å². The van der Waals surface area contributed by atoms with Gasteiger partial charge in [0.1, 0.15) is 19.0 Å². The minimum Gasteiger partial charge on any atom is -0.486 e. The first-order valence-electron chi connectivity index (χ1n) is 5.83. The number of halogens is 2. The molecule has 0 fully saturated rings. The van der Waals surface area contributed by atoms with Gasteiger partial charge in [0.2, 0.25) is 0 Å². The van der Waals surface area contributed by atoms with Crippen LogP contribution in [-0.4, -0.2) is 24.3 Å². The van der Waals surface area contributed by atoms with Crippen molar-refractivity contribution in [2.45, 2.75) is 25.7 Å². The Balaban J connectivity index is 2.52. The number of carbonyl (C=O) groups is 1. The molecule has 6 heteroatoms. The van der Waals surface area contributed by atoms with Crippen molar-refractivity contribution >= 4 is 21.9 Å². The van der Waals surface area contributed by atoms with Crippen LogP contribution in [0.25, 0.3) is 0 Å². The molecule has 104 valence electrons. The van der Waals surface area contributed by atoms with E-state index in [1.165, 1.54) is 6.07 Å². The highest BCUT2D eigenvalue weighted by Gasteiger charge is 2.32. The Morgan fingerprint density at radius 2 is 2.11 bits per heavy atom. The van der Waals surface area contributed by atoms with Crippen LogP contribution in [0.3, 0.4) is 0 Å². The van der Waals surface area contributed by atoms with E-state index < -0.39 is 17.2 Å². The first-order valence-corrected chi connectivity index (χ1v) is 6.62. The molecule has 19 heavy (non-hydrogen) atoms. The third-order valence-electron chi connectivity index (χ3n) is 3.04. The smallest absolute Gasteiger partial charge is 0.304 e. The number of ether oxygens (including phenoxy) is 2. The fourth-order valence-corrected chi connectivity index (χ4v) is 2.61. The lowest BCUT2D eigenvalue weighted by Gasteiger charge is -2.27. The van der Waals surface area contributed by atoms with Crippen molar-refractivity contribution in [2.24, 2.45) is 0 Å². The highest BCUT2D eigenvalue weighted by molar-refractivity contribution is 9.10. The molecule has 0 radical (unpaired) electrons. The standard InChI is InChI=1S/C13H14BrFO4/c1-13(2,6-9(16)17)7-5-8-12(10(14)11(7)15)19-4-3-18-8/h5H,3-4,6H2,1-2H3,(H,16,17). The molecule has 1 heterocycles. The average molecular weight is 333 g/mol. The molecule has 0 unspecified atom stereocenters. The van der Waals surface area contributed by atoms with Crippen LogP contribution in [0.15, 0.2) is 10.5 Å². The molecule has 1 aromatic rings. The fourth-order valence-electron chi connectivity index (χ4n) is 2.09. The van der Waals surface area contributed by atoms with Gasteiger partial charge in [-0.2, -0.15) is 0 Å². The second-order valence-corrected chi connectivity index (χ2v) is 5.82. The fraction of sp³-hybridized carbons (Fsp3) is 0.462. The lowest BCUT2D eigenvalue weighted by atomic mass is 9.81. The van der Waals surface area contributed by atoms with E-state index in [2.05, 4.69) is 15.9 Å². The Morgan fingerprint density at radius 1 is 1.47 bits per heavy atom. The van der Waals surface area contributed by atoms with E-state index in [0.29, 0.717) is 30.3 Å². The van der Waals surface area contributed by atoms with E-state index in [1.807, 2.05) is 0 Å². The van der Waals surface area contributed by atoms with E-state index in [0.717, 1.165) is 0 Å². The number of carboxylic acids is 1. The molecule has 0 amide bonds. The first-order chi connectivity index (χ1) is 8.83. The van der Waals surface area contributed by atoms with Crippen molar-refractivity contribution in [1.82, 2.24) is 0 Å².